The van der Waals surface area contributed by atoms with Gasteiger partial charge in [-0.05, 0) is 44.1 Å². The SMILES string of the molecule is CC(C(=O)C1CCOC2(CCSCC2)C1)S(C)(=O)=O. The summed E-state index contributed by atoms with van der Waals surface area (Å²) in [5.74, 6) is 1.87. The van der Waals surface area contributed by atoms with Gasteiger partial charge in [0, 0.05) is 18.8 Å². The van der Waals surface area contributed by atoms with E-state index in [1.54, 1.807) is 0 Å². The fourth-order valence-corrected chi connectivity index (χ4v) is 4.76. The number of ether oxygens (including phenoxy) is 1. The maximum Gasteiger partial charge on any atom is 0.157 e. The van der Waals surface area contributed by atoms with E-state index in [1.165, 1.54) is 6.92 Å². The van der Waals surface area contributed by atoms with Crippen molar-refractivity contribution in [2.75, 3.05) is 24.4 Å². The van der Waals surface area contributed by atoms with E-state index in [9.17, 15) is 13.2 Å². The number of hydrogen-bond acceptors (Lipinski definition) is 5. The molecule has 2 unspecified atom stereocenters. The number of carbonyl (C=O) groups excluding carboxylic acids is 1. The van der Waals surface area contributed by atoms with Gasteiger partial charge in [0.25, 0.3) is 0 Å². The topological polar surface area (TPSA) is 60.4 Å². The highest BCUT2D eigenvalue weighted by Crippen LogP contribution is 2.40. The summed E-state index contributed by atoms with van der Waals surface area (Å²) >= 11 is 1.92. The van der Waals surface area contributed by atoms with Gasteiger partial charge in [0.2, 0.25) is 0 Å². The summed E-state index contributed by atoms with van der Waals surface area (Å²) in [7, 11) is -3.29. The summed E-state index contributed by atoms with van der Waals surface area (Å²) in [6, 6.07) is 0. The fraction of sp³-hybridized carbons (Fsp3) is 0.923. The highest BCUT2D eigenvalue weighted by Gasteiger charge is 2.42. The van der Waals surface area contributed by atoms with Gasteiger partial charge < -0.3 is 4.74 Å². The lowest BCUT2D eigenvalue weighted by Crippen LogP contribution is -2.46. The molecule has 0 saturated carbocycles. The number of Topliss-reactive ketones (excluding diaryl/α,β-unsaturated/α-hetero) is 1. The largest absolute Gasteiger partial charge is 0.375 e. The predicted molar refractivity (Wildman–Crippen MR) is 77.3 cm³/mol. The van der Waals surface area contributed by atoms with Crippen LogP contribution in [0.25, 0.3) is 0 Å². The number of hydrogen-bond donors (Lipinski definition) is 0. The Labute approximate surface area is 119 Å². The number of carbonyl (C=O) groups is 1. The predicted octanol–water partition coefficient (Wildman–Crippen LogP) is 1.68. The fourth-order valence-electron chi connectivity index (χ4n) is 2.91. The normalized spacial score (nSPS) is 29.1. The lowest BCUT2D eigenvalue weighted by Gasteiger charge is -2.43. The highest BCUT2D eigenvalue weighted by atomic mass is 32.2. The van der Waals surface area contributed by atoms with E-state index in [0.717, 1.165) is 30.6 Å². The third kappa shape index (κ3) is 3.52. The van der Waals surface area contributed by atoms with Crippen molar-refractivity contribution in [3.8, 4) is 0 Å². The maximum atomic E-state index is 12.3. The molecule has 4 nitrogen and oxygen atoms in total. The second kappa shape index (κ2) is 5.74. The molecule has 2 saturated heterocycles. The van der Waals surface area contributed by atoms with Gasteiger partial charge in [0.15, 0.2) is 15.6 Å². The minimum absolute atomic E-state index is 0.122. The van der Waals surface area contributed by atoms with Crippen LogP contribution in [0.3, 0.4) is 0 Å². The van der Waals surface area contributed by atoms with Gasteiger partial charge in [-0.3, -0.25) is 4.79 Å². The zero-order valence-electron chi connectivity index (χ0n) is 11.6. The van der Waals surface area contributed by atoms with Gasteiger partial charge in [-0.15, -0.1) is 0 Å². The van der Waals surface area contributed by atoms with Crippen LogP contribution in [0.4, 0.5) is 0 Å². The molecule has 2 aliphatic heterocycles. The minimum atomic E-state index is -3.29. The van der Waals surface area contributed by atoms with Crippen LogP contribution in [-0.4, -0.2) is 49.4 Å². The molecule has 6 heteroatoms. The van der Waals surface area contributed by atoms with E-state index in [0.29, 0.717) is 19.4 Å². The average Bonchev–Trinajstić information content (AvgIpc) is 2.37. The smallest absolute Gasteiger partial charge is 0.157 e. The Balaban J connectivity index is 2.07. The van der Waals surface area contributed by atoms with Gasteiger partial charge in [-0.1, -0.05) is 0 Å². The van der Waals surface area contributed by atoms with Crippen molar-refractivity contribution in [1.29, 1.82) is 0 Å². The Hall–Kier alpha value is -0.0700. The molecule has 2 rings (SSSR count). The van der Waals surface area contributed by atoms with Crippen LogP contribution in [0.15, 0.2) is 0 Å². The zero-order chi connectivity index (χ0) is 14.1. The highest BCUT2D eigenvalue weighted by molar-refractivity contribution is 7.99. The van der Waals surface area contributed by atoms with E-state index in [4.69, 9.17) is 4.74 Å². The van der Waals surface area contributed by atoms with Crippen molar-refractivity contribution in [2.24, 2.45) is 5.92 Å². The molecule has 0 bridgehead atoms. The number of ketones is 1. The molecule has 0 N–H and O–H groups in total. The molecule has 0 aromatic heterocycles. The van der Waals surface area contributed by atoms with Crippen LogP contribution in [0.1, 0.15) is 32.6 Å². The van der Waals surface area contributed by atoms with E-state index < -0.39 is 15.1 Å². The zero-order valence-corrected chi connectivity index (χ0v) is 13.2. The standard InChI is InChI=1S/C13H22O4S2/c1-10(19(2,15)16)12(14)11-3-6-17-13(9-11)4-7-18-8-5-13/h10-11H,3-9H2,1-2H3. The molecule has 2 aliphatic rings. The summed E-state index contributed by atoms with van der Waals surface area (Å²) in [6.07, 6.45) is 4.46. The third-order valence-corrected chi connectivity index (χ3v) is 6.84. The number of thioether (sulfide) groups is 1. The molecule has 1 spiro atoms. The van der Waals surface area contributed by atoms with Crippen LogP contribution >= 0.6 is 11.8 Å². The molecule has 2 heterocycles. The molecule has 0 aromatic rings. The Morgan fingerprint density at radius 2 is 2.00 bits per heavy atom. The molecule has 0 aromatic carbocycles. The summed E-state index contributed by atoms with van der Waals surface area (Å²) < 4.78 is 29.0. The monoisotopic (exact) mass is 306 g/mol. The van der Waals surface area contributed by atoms with Gasteiger partial charge in [0.05, 0.1) is 5.60 Å². The van der Waals surface area contributed by atoms with Crippen LogP contribution in [0.2, 0.25) is 0 Å². The maximum absolute atomic E-state index is 12.3. The molecular weight excluding hydrogens is 284 g/mol. The number of rotatable bonds is 3. The minimum Gasteiger partial charge on any atom is -0.375 e. The van der Waals surface area contributed by atoms with Crippen LogP contribution in [0, 0.1) is 5.92 Å². The Morgan fingerprint density at radius 3 is 2.58 bits per heavy atom. The first-order valence-electron chi connectivity index (χ1n) is 6.78. The van der Waals surface area contributed by atoms with Crippen molar-refractivity contribution in [3.63, 3.8) is 0 Å². The molecule has 2 fully saturated rings. The van der Waals surface area contributed by atoms with Gasteiger partial charge in [0.1, 0.15) is 5.25 Å². The van der Waals surface area contributed by atoms with Gasteiger partial charge >= 0.3 is 0 Å². The number of sulfone groups is 1. The van der Waals surface area contributed by atoms with Crippen molar-refractivity contribution in [2.45, 2.75) is 43.5 Å². The Morgan fingerprint density at radius 1 is 1.37 bits per heavy atom. The first-order chi connectivity index (χ1) is 8.84. The molecule has 110 valence electrons. The second-order valence-electron chi connectivity index (χ2n) is 5.71. The molecule has 0 amide bonds. The van der Waals surface area contributed by atoms with Gasteiger partial charge in [-0.2, -0.15) is 11.8 Å². The second-order valence-corrected chi connectivity index (χ2v) is 9.30. The molecule has 0 radical (unpaired) electrons. The lowest BCUT2D eigenvalue weighted by molar-refractivity contribution is -0.137. The van der Waals surface area contributed by atoms with Crippen molar-refractivity contribution >= 4 is 27.4 Å². The lowest BCUT2D eigenvalue weighted by atomic mass is 9.79. The van der Waals surface area contributed by atoms with Gasteiger partial charge in [-0.25, -0.2) is 8.42 Å². The van der Waals surface area contributed by atoms with E-state index in [-0.39, 0.29) is 17.3 Å². The molecule has 0 aliphatic carbocycles. The van der Waals surface area contributed by atoms with Crippen molar-refractivity contribution in [1.82, 2.24) is 0 Å². The van der Waals surface area contributed by atoms with Crippen LogP contribution in [-0.2, 0) is 19.4 Å². The quantitative estimate of drug-likeness (QED) is 0.794. The van der Waals surface area contributed by atoms with E-state index in [1.807, 2.05) is 11.8 Å². The van der Waals surface area contributed by atoms with Crippen molar-refractivity contribution < 1.29 is 17.9 Å². The first kappa shape index (κ1) is 15.3. The summed E-state index contributed by atoms with van der Waals surface area (Å²) in [5.41, 5.74) is -0.166. The summed E-state index contributed by atoms with van der Waals surface area (Å²) in [5, 5.41) is -0.884. The van der Waals surface area contributed by atoms with Crippen LogP contribution in [0.5, 0.6) is 0 Å². The molecule has 2 atom stereocenters. The van der Waals surface area contributed by atoms with E-state index >= 15 is 0 Å². The average molecular weight is 306 g/mol. The molecular formula is C13H22O4S2. The van der Waals surface area contributed by atoms with E-state index in [2.05, 4.69) is 0 Å². The van der Waals surface area contributed by atoms with Crippen molar-refractivity contribution in [3.05, 3.63) is 0 Å². The van der Waals surface area contributed by atoms with Crippen LogP contribution < -0.4 is 0 Å². The molecule has 19 heavy (non-hydrogen) atoms. The Kier molecular flexibility index (Phi) is 4.63. The third-order valence-electron chi connectivity index (χ3n) is 4.34. The Bertz CT molecular complexity index is 432. The summed E-state index contributed by atoms with van der Waals surface area (Å²) in [4.78, 5) is 12.3. The first-order valence-corrected chi connectivity index (χ1v) is 9.89. The summed E-state index contributed by atoms with van der Waals surface area (Å²) in [6.45, 7) is 2.09.